The highest BCUT2D eigenvalue weighted by molar-refractivity contribution is 6.35. The highest BCUT2D eigenvalue weighted by atomic mass is 35.5. The van der Waals surface area contributed by atoms with Crippen molar-refractivity contribution in [2.24, 2.45) is 0 Å². The molecule has 0 aliphatic heterocycles. The van der Waals surface area contributed by atoms with Crippen LogP contribution in [0.1, 0.15) is 26.3 Å². The number of benzene rings is 3. The average Bonchev–Trinajstić information content (AvgIpc) is 2.82. The summed E-state index contributed by atoms with van der Waals surface area (Å²) in [5.41, 5.74) is 3.66. The highest BCUT2D eigenvalue weighted by Crippen LogP contribution is 2.30. The lowest BCUT2D eigenvalue weighted by Crippen LogP contribution is -2.15. The van der Waals surface area contributed by atoms with Crippen LogP contribution in [-0.2, 0) is 4.74 Å². The Balaban J connectivity index is 1.67. The van der Waals surface area contributed by atoms with Gasteiger partial charge >= 0.3 is 5.97 Å². The number of hydrogen-bond donors (Lipinski definition) is 0. The van der Waals surface area contributed by atoms with Crippen molar-refractivity contribution in [1.82, 2.24) is 4.98 Å². The van der Waals surface area contributed by atoms with Crippen molar-refractivity contribution in [1.29, 1.82) is 0 Å². The normalized spacial score (nSPS) is 10.7. The molecule has 0 unspecified atom stereocenters. The molecule has 3 aromatic carbocycles. The molecule has 0 amide bonds. The molecule has 1 heterocycles. The second-order valence-corrected chi connectivity index (χ2v) is 7.69. The zero-order valence-electron chi connectivity index (χ0n) is 17.6. The second kappa shape index (κ2) is 9.20. The first-order valence-electron chi connectivity index (χ1n) is 9.97. The molecule has 160 valence electrons. The molecule has 6 heteroatoms. The van der Waals surface area contributed by atoms with Crippen LogP contribution in [0.5, 0.6) is 5.75 Å². The zero-order chi connectivity index (χ0) is 22.7. The van der Waals surface area contributed by atoms with Crippen molar-refractivity contribution >= 4 is 34.3 Å². The lowest BCUT2D eigenvalue weighted by Gasteiger charge is -2.11. The largest absolute Gasteiger partial charge is 0.497 e. The number of pyridine rings is 1. The number of aryl methyl sites for hydroxylation is 1. The van der Waals surface area contributed by atoms with E-state index in [0.29, 0.717) is 38.5 Å². The van der Waals surface area contributed by atoms with Gasteiger partial charge < -0.3 is 9.47 Å². The molecular weight excluding hydrogens is 426 g/mol. The molecule has 0 fully saturated rings. The van der Waals surface area contributed by atoms with Crippen molar-refractivity contribution in [3.05, 3.63) is 94.5 Å². The van der Waals surface area contributed by atoms with Crippen LogP contribution in [0.3, 0.4) is 0 Å². The van der Waals surface area contributed by atoms with Crippen molar-refractivity contribution in [3.63, 3.8) is 0 Å². The Labute approximate surface area is 190 Å². The first-order chi connectivity index (χ1) is 15.5. The number of esters is 1. The fourth-order valence-corrected chi connectivity index (χ4v) is 3.54. The fraction of sp³-hybridized carbons (Fsp3) is 0.115. The first-order valence-corrected chi connectivity index (χ1v) is 10.3. The number of methoxy groups -OCH3 is 1. The maximum Gasteiger partial charge on any atom is 0.339 e. The smallest absolute Gasteiger partial charge is 0.339 e. The predicted molar refractivity (Wildman–Crippen MR) is 125 cm³/mol. The van der Waals surface area contributed by atoms with E-state index in [2.05, 4.69) is 4.98 Å². The summed E-state index contributed by atoms with van der Waals surface area (Å²) in [5.74, 6) is -0.179. The summed E-state index contributed by atoms with van der Waals surface area (Å²) in [4.78, 5) is 30.1. The van der Waals surface area contributed by atoms with E-state index in [-0.39, 0.29) is 12.4 Å². The van der Waals surface area contributed by atoms with Crippen LogP contribution in [0.4, 0.5) is 0 Å². The van der Waals surface area contributed by atoms with Gasteiger partial charge in [-0.2, -0.15) is 0 Å². The molecule has 1 aromatic heterocycles. The molecule has 0 spiro atoms. The van der Waals surface area contributed by atoms with Crippen LogP contribution in [-0.4, -0.2) is 30.5 Å². The number of hydrogen-bond acceptors (Lipinski definition) is 5. The van der Waals surface area contributed by atoms with E-state index in [1.54, 1.807) is 43.5 Å². The zero-order valence-corrected chi connectivity index (χ0v) is 18.3. The number of ketones is 1. The summed E-state index contributed by atoms with van der Waals surface area (Å²) in [7, 11) is 1.59. The summed E-state index contributed by atoms with van der Waals surface area (Å²) in [6, 6.07) is 21.3. The maximum atomic E-state index is 13.0. The number of fused-ring (bicyclic) bond motifs is 1. The first kappa shape index (κ1) is 21.5. The Morgan fingerprint density at radius 2 is 1.69 bits per heavy atom. The molecule has 0 aliphatic rings. The Hall–Kier alpha value is -3.70. The quantitative estimate of drug-likeness (QED) is 0.272. The molecule has 4 aromatic rings. The van der Waals surface area contributed by atoms with Gasteiger partial charge in [-0.1, -0.05) is 53.6 Å². The van der Waals surface area contributed by atoms with Gasteiger partial charge in [0.25, 0.3) is 0 Å². The van der Waals surface area contributed by atoms with Crippen LogP contribution in [0.2, 0.25) is 5.02 Å². The van der Waals surface area contributed by atoms with Gasteiger partial charge in [0.2, 0.25) is 0 Å². The van der Waals surface area contributed by atoms with Crippen molar-refractivity contribution in [3.8, 4) is 17.0 Å². The predicted octanol–water partition coefficient (Wildman–Crippen LogP) is 5.91. The number of para-hydroxylation sites is 1. The Kier molecular flexibility index (Phi) is 6.19. The van der Waals surface area contributed by atoms with Gasteiger partial charge in [-0.05, 0) is 43.3 Å². The number of Topliss-reactive ketones (excluding diaryl/α,β-unsaturated/α-hetero) is 1. The maximum absolute atomic E-state index is 13.0. The number of rotatable bonds is 6. The van der Waals surface area contributed by atoms with E-state index in [9.17, 15) is 9.59 Å². The minimum atomic E-state index is -0.616. The third-order valence-electron chi connectivity index (χ3n) is 5.10. The third kappa shape index (κ3) is 4.48. The number of halogens is 1. The molecule has 0 saturated heterocycles. The molecule has 0 N–H and O–H groups in total. The van der Waals surface area contributed by atoms with Crippen molar-refractivity contribution in [2.75, 3.05) is 13.7 Å². The van der Waals surface area contributed by atoms with E-state index in [1.165, 1.54) is 0 Å². The van der Waals surface area contributed by atoms with Gasteiger partial charge in [0.15, 0.2) is 12.4 Å². The van der Waals surface area contributed by atoms with Gasteiger partial charge in [-0.15, -0.1) is 0 Å². The average molecular weight is 446 g/mol. The Morgan fingerprint density at radius 3 is 2.38 bits per heavy atom. The molecule has 4 rings (SSSR count). The van der Waals surface area contributed by atoms with Crippen LogP contribution in [0.15, 0.2) is 72.8 Å². The highest BCUT2D eigenvalue weighted by Gasteiger charge is 2.18. The van der Waals surface area contributed by atoms with E-state index < -0.39 is 5.97 Å². The molecule has 0 aliphatic carbocycles. The van der Waals surface area contributed by atoms with Gasteiger partial charge in [-0.25, -0.2) is 9.78 Å². The molecule has 32 heavy (non-hydrogen) atoms. The second-order valence-electron chi connectivity index (χ2n) is 7.28. The standard InChI is InChI=1S/C26H20ClNO4/c1-16-6-8-18(9-7-16)24(29)15-32-26(30)21-14-23(17-10-12-19(31-2)13-11-17)28-25-20(21)4-3-5-22(25)27/h3-14H,15H2,1-2H3. The summed E-state index contributed by atoms with van der Waals surface area (Å²) in [6.07, 6.45) is 0. The molecule has 5 nitrogen and oxygen atoms in total. The molecule has 0 saturated carbocycles. The van der Waals surface area contributed by atoms with E-state index in [1.807, 2.05) is 43.3 Å². The summed E-state index contributed by atoms with van der Waals surface area (Å²) < 4.78 is 10.6. The van der Waals surface area contributed by atoms with Gasteiger partial charge in [-0.3, -0.25) is 4.79 Å². The Morgan fingerprint density at radius 1 is 0.969 bits per heavy atom. The minimum Gasteiger partial charge on any atom is -0.497 e. The molecule has 0 radical (unpaired) electrons. The minimum absolute atomic E-state index is 0.273. The molecule has 0 atom stereocenters. The van der Waals surface area contributed by atoms with Gasteiger partial charge in [0, 0.05) is 16.5 Å². The van der Waals surface area contributed by atoms with Crippen LogP contribution in [0.25, 0.3) is 22.2 Å². The topological polar surface area (TPSA) is 65.5 Å². The van der Waals surface area contributed by atoms with E-state index >= 15 is 0 Å². The number of ether oxygens (including phenoxy) is 2. The number of nitrogens with zero attached hydrogens (tertiary/aromatic N) is 1. The molecule has 0 bridgehead atoms. The van der Waals surface area contributed by atoms with Crippen LogP contribution >= 0.6 is 11.6 Å². The van der Waals surface area contributed by atoms with Crippen LogP contribution < -0.4 is 4.74 Å². The Bertz CT molecular complexity index is 1300. The SMILES string of the molecule is COc1ccc(-c2cc(C(=O)OCC(=O)c3ccc(C)cc3)c3cccc(Cl)c3n2)cc1. The number of aromatic nitrogens is 1. The van der Waals surface area contributed by atoms with Gasteiger partial charge in [0.1, 0.15) is 5.75 Å². The summed E-state index contributed by atoms with van der Waals surface area (Å²) in [6.45, 7) is 1.58. The number of carbonyl (C=O) groups is 2. The summed E-state index contributed by atoms with van der Waals surface area (Å²) in [5, 5.41) is 0.977. The van der Waals surface area contributed by atoms with Crippen molar-refractivity contribution < 1.29 is 19.1 Å². The van der Waals surface area contributed by atoms with E-state index in [0.717, 1.165) is 11.1 Å². The van der Waals surface area contributed by atoms with Crippen LogP contribution in [0, 0.1) is 6.92 Å². The van der Waals surface area contributed by atoms with Gasteiger partial charge in [0.05, 0.1) is 28.9 Å². The number of carbonyl (C=O) groups excluding carboxylic acids is 2. The van der Waals surface area contributed by atoms with Crippen molar-refractivity contribution in [2.45, 2.75) is 6.92 Å². The summed E-state index contributed by atoms with van der Waals surface area (Å²) >= 11 is 6.37. The lowest BCUT2D eigenvalue weighted by atomic mass is 10.0. The lowest BCUT2D eigenvalue weighted by molar-refractivity contribution is 0.0476. The monoisotopic (exact) mass is 445 g/mol. The molecular formula is C26H20ClNO4. The van der Waals surface area contributed by atoms with E-state index in [4.69, 9.17) is 21.1 Å². The third-order valence-corrected chi connectivity index (χ3v) is 5.41. The fourth-order valence-electron chi connectivity index (χ4n) is 3.32.